The molecule has 0 aromatic heterocycles. The molecule has 2 aromatic rings. The molecule has 1 aliphatic heterocycles. The molecule has 0 unspecified atom stereocenters. The second-order valence-electron chi connectivity index (χ2n) is 4.77. The lowest BCUT2D eigenvalue weighted by Gasteiger charge is -2.15. The first-order valence-electron chi connectivity index (χ1n) is 6.43. The van der Waals surface area contributed by atoms with E-state index in [-0.39, 0.29) is 16.3 Å². The van der Waals surface area contributed by atoms with Crippen LogP contribution in [0, 0.1) is 0 Å². The summed E-state index contributed by atoms with van der Waals surface area (Å²) in [6.07, 6.45) is 0. The largest absolute Gasteiger partial charge is 0.502 e. The molecule has 1 heterocycles. The van der Waals surface area contributed by atoms with Crippen LogP contribution in [0.4, 0.5) is 5.69 Å². The van der Waals surface area contributed by atoms with Crippen LogP contribution in [0.3, 0.4) is 0 Å². The Kier molecular flexibility index (Phi) is 4.06. The van der Waals surface area contributed by atoms with Crippen molar-refractivity contribution in [3.8, 4) is 0 Å². The summed E-state index contributed by atoms with van der Waals surface area (Å²) in [7, 11) is 0. The number of benzene rings is 2. The van der Waals surface area contributed by atoms with Gasteiger partial charge in [0.25, 0.3) is 5.91 Å². The molecule has 0 bridgehead atoms. The third kappa shape index (κ3) is 2.70. The molecule has 0 saturated heterocycles. The molecule has 0 aliphatic carbocycles. The Balaban J connectivity index is 2.05. The maximum Gasteiger partial charge on any atom is 0.301 e. The van der Waals surface area contributed by atoms with E-state index < -0.39 is 17.6 Å². The summed E-state index contributed by atoms with van der Waals surface area (Å²) in [5.41, 5.74) is 0.537. The van der Waals surface area contributed by atoms with Crippen molar-refractivity contribution in [1.82, 2.24) is 0 Å². The molecule has 2 amide bonds. The Labute approximate surface area is 146 Å². The monoisotopic (exact) mass is 367 g/mol. The third-order valence-electron chi connectivity index (χ3n) is 3.35. The minimum Gasteiger partial charge on any atom is -0.502 e. The van der Waals surface area contributed by atoms with Gasteiger partial charge >= 0.3 is 5.91 Å². The number of halogens is 3. The van der Waals surface area contributed by atoms with Crippen LogP contribution in [0.15, 0.2) is 48.2 Å². The van der Waals surface area contributed by atoms with Crippen LogP contribution in [0.1, 0.15) is 5.56 Å². The molecular formula is C16H8Cl3NO3. The van der Waals surface area contributed by atoms with Gasteiger partial charge in [0.15, 0.2) is 5.76 Å². The first-order chi connectivity index (χ1) is 10.9. The Morgan fingerprint density at radius 3 is 2.09 bits per heavy atom. The van der Waals surface area contributed by atoms with Gasteiger partial charge in [0, 0.05) is 5.02 Å². The van der Waals surface area contributed by atoms with Gasteiger partial charge in [0.1, 0.15) is 0 Å². The molecule has 4 nitrogen and oxygen atoms in total. The molecule has 116 valence electrons. The normalized spacial score (nSPS) is 14.8. The quantitative estimate of drug-likeness (QED) is 0.795. The minimum absolute atomic E-state index is 0.0854. The number of aliphatic hydroxyl groups excluding tert-OH is 1. The first kappa shape index (κ1) is 15.9. The Morgan fingerprint density at radius 1 is 0.826 bits per heavy atom. The van der Waals surface area contributed by atoms with Crippen LogP contribution < -0.4 is 4.90 Å². The minimum atomic E-state index is -0.821. The van der Waals surface area contributed by atoms with Crippen LogP contribution >= 0.6 is 34.8 Å². The van der Waals surface area contributed by atoms with Gasteiger partial charge in [-0.1, -0.05) is 46.9 Å². The van der Waals surface area contributed by atoms with Crippen molar-refractivity contribution in [3.63, 3.8) is 0 Å². The summed E-state index contributed by atoms with van der Waals surface area (Å²) in [6.45, 7) is 0. The summed E-state index contributed by atoms with van der Waals surface area (Å²) in [5.74, 6) is -2.09. The van der Waals surface area contributed by atoms with Crippen LogP contribution in [0.5, 0.6) is 0 Å². The van der Waals surface area contributed by atoms with E-state index in [4.69, 9.17) is 34.8 Å². The average molecular weight is 369 g/mol. The number of nitrogens with zero attached hydrogens (tertiary/aromatic N) is 1. The lowest BCUT2D eigenvalue weighted by molar-refractivity contribution is -0.121. The van der Waals surface area contributed by atoms with E-state index in [0.29, 0.717) is 15.6 Å². The number of carbonyl (C=O) groups excluding carboxylic acids is 2. The number of hydrogen-bond donors (Lipinski definition) is 1. The highest BCUT2D eigenvalue weighted by atomic mass is 35.5. The molecule has 0 atom stereocenters. The fourth-order valence-corrected chi connectivity index (χ4v) is 2.67. The van der Waals surface area contributed by atoms with E-state index in [1.807, 2.05) is 0 Å². The van der Waals surface area contributed by atoms with Crippen molar-refractivity contribution >= 4 is 57.9 Å². The molecule has 0 spiro atoms. The number of imide groups is 1. The van der Waals surface area contributed by atoms with Gasteiger partial charge in [0.2, 0.25) is 0 Å². The van der Waals surface area contributed by atoms with E-state index in [2.05, 4.69) is 0 Å². The van der Waals surface area contributed by atoms with Crippen molar-refractivity contribution in [2.75, 3.05) is 4.90 Å². The predicted molar refractivity (Wildman–Crippen MR) is 90.0 cm³/mol. The fourth-order valence-electron chi connectivity index (χ4n) is 2.25. The topological polar surface area (TPSA) is 57.6 Å². The highest BCUT2D eigenvalue weighted by molar-refractivity contribution is 6.46. The van der Waals surface area contributed by atoms with Gasteiger partial charge in [-0.2, -0.15) is 0 Å². The smallest absolute Gasteiger partial charge is 0.301 e. The lowest BCUT2D eigenvalue weighted by Crippen LogP contribution is -2.31. The van der Waals surface area contributed by atoms with E-state index in [0.717, 1.165) is 4.90 Å². The zero-order valence-corrected chi connectivity index (χ0v) is 13.7. The van der Waals surface area contributed by atoms with Crippen LogP contribution in [-0.2, 0) is 9.59 Å². The van der Waals surface area contributed by atoms with Gasteiger partial charge in [-0.25, -0.2) is 4.90 Å². The summed E-state index contributed by atoms with van der Waals surface area (Å²) in [4.78, 5) is 25.7. The highest BCUT2D eigenvalue weighted by Gasteiger charge is 2.40. The zero-order chi connectivity index (χ0) is 16.7. The van der Waals surface area contributed by atoms with Crippen LogP contribution in [0.25, 0.3) is 5.57 Å². The Bertz CT molecular complexity index is 859. The van der Waals surface area contributed by atoms with Gasteiger partial charge in [0.05, 0.1) is 21.3 Å². The lowest BCUT2D eigenvalue weighted by atomic mass is 10.1. The van der Waals surface area contributed by atoms with Crippen molar-refractivity contribution in [3.05, 3.63) is 68.9 Å². The van der Waals surface area contributed by atoms with Crippen LogP contribution in [0.2, 0.25) is 15.1 Å². The van der Waals surface area contributed by atoms with Gasteiger partial charge in [-0.05, 0) is 35.9 Å². The molecule has 1 aliphatic rings. The molecule has 2 aromatic carbocycles. The molecule has 0 fully saturated rings. The van der Waals surface area contributed by atoms with Gasteiger partial charge in [-0.15, -0.1) is 0 Å². The SMILES string of the molecule is O=C1C(O)=C(c2ccc(Cl)cc2)C(=O)N1c1ccc(Cl)c(Cl)c1. The molecule has 1 N–H and O–H groups in total. The standard InChI is InChI=1S/C16H8Cl3NO3/c17-9-3-1-8(2-4-9)13-14(21)16(23)20(15(13)22)10-5-6-11(18)12(19)7-10/h1-7,21H. The number of amides is 2. The average Bonchev–Trinajstić information content (AvgIpc) is 2.74. The summed E-state index contributed by atoms with van der Waals surface area (Å²) < 4.78 is 0. The second kappa shape index (κ2) is 5.89. The Morgan fingerprint density at radius 2 is 1.48 bits per heavy atom. The summed E-state index contributed by atoms with van der Waals surface area (Å²) in [6, 6.07) is 10.6. The van der Waals surface area contributed by atoms with Crippen molar-refractivity contribution in [2.45, 2.75) is 0 Å². The van der Waals surface area contributed by atoms with Crippen LogP contribution in [-0.4, -0.2) is 16.9 Å². The maximum absolute atomic E-state index is 12.6. The first-order valence-corrected chi connectivity index (χ1v) is 7.56. The molecule has 0 radical (unpaired) electrons. The number of rotatable bonds is 2. The molecular weight excluding hydrogens is 361 g/mol. The number of aliphatic hydroxyl groups is 1. The molecule has 3 rings (SSSR count). The van der Waals surface area contributed by atoms with E-state index in [1.54, 1.807) is 24.3 Å². The second-order valence-corrected chi connectivity index (χ2v) is 6.03. The van der Waals surface area contributed by atoms with E-state index in [9.17, 15) is 14.7 Å². The number of carbonyl (C=O) groups is 2. The summed E-state index contributed by atoms with van der Waals surface area (Å²) >= 11 is 17.6. The van der Waals surface area contributed by atoms with Gasteiger partial charge < -0.3 is 5.11 Å². The number of hydrogen-bond acceptors (Lipinski definition) is 3. The van der Waals surface area contributed by atoms with Gasteiger partial charge in [-0.3, -0.25) is 9.59 Å². The zero-order valence-electron chi connectivity index (χ0n) is 11.4. The molecule has 0 saturated carbocycles. The van der Waals surface area contributed by atoms with Crippen molar-refractivity contribution in [1.29, 1.82) is 0 Å². The Hall–Kier alpha value is -2.01. The van der Waals surface area contributed by atoms with Crippen molar-refractivity contribution in [2.24, 2.45) is 0 Å². The molecule has 23 heavy (non-hydrogen) atoms. The fraction of sp³-hybridized carbons (Fsp3) is 0. The predicted octanol–water partition coefficient (Wildman–Crippen LogP) is 4.49. The summed E-state index contributed by atoms with van der Waals surface area (Å²) in [5, 5.41) is 11.1. The highest BCUT2D eigenvalue weighted by Crippen LogP contribution is 2.34. The third-order valence-corrected chi connectivity index (χ3v) is 4.34. The molecule has 7 heteroatoms. The number of anilines is 1. The van der Waals surface area contributed by atoms with E-state index in [1.165, 1.54) is 18.2 Å². The van der Waals surface area contributed by atoms with E-state index >= 15 is 0 Å². The van der Waals surface area contributed by atoms with Crippen molar-refractivity contribution < 1.29 is 14.7 Å². The maximum atomic E-state index is 12.6.